The van der Waals surface area contributed by atoms with Crippen molar-refractivity contribution in [3.63, 3.8) is 0 Å². The topological polar surface area (TPSA) is 49.7 Å². The Morgan fingerprint density at radius 1 is 1.00 bits per heavy atom. The summed E-state index contributed by atoms with van der Waals surface area (Å²) in [6.07, 6.45) is 1.87. The van der Waals surface area contributed by atoms with Crippen molar-refractivity contribution < 1.29 is 14.2 Å². The van der Waals surface area contributed by atoms with Crippen LogP contribution in [-0.2, 0) is 7.05 Å². The standard InChI is InChI=1S/C20H15NO4.ClH/c1-21-9-15-12(5-6-16(23-2)20(15)22)13-4-3-11-7-17-18(25-10-24-17)8-14(11)19(13)21;/h3-9H,10H2,1-2H3;1H. The summed E-state index contributed by atoms with van der Waals surface area (Å²) in [6, 6.07) is 11.8. The quantitative estimate of drug-likeness (QED) is 0.477. The van der Waals surface area contributed by atoms with Gasteiger partial charge in [0.05, 0.1) is 12.6 Å². The van der Waals surface area contributed by atoms with Gasteiger partial charge in [-0.25, -0.2) is 0 Å². The summed E-state index contributed by atoms with van der Waals surface area (Å²) in [4.78, 5) is 12.6. The van der Waals surface area contributed by atoms with E-state index in [-0.39, 0.29) is 24.6 Å². The summed E-state index contributed by atoms with van der Waals surface area (Å²) in [5.74, 6) is 1.87. The number of methoxy groups -OCH3 is 1. The van der Waals surface area contributed by atoms with Gasteiger partial charge >= 0.3 is 0 Å². The first kappa shape index (κ1) is 16.5. The van der Waals surface area contributed by atoms with Gasteiger partial charge in [-0.05, 0) is 35.2 Å². The summed E-state index contributed by atoms with van der Waals surface area (Å²) < 4.78 is 18.2. The van der Waals surface area contributed by atoms with E-state index >= 15 is 0 Å². The molecule has 1 aliphatic carbocycles. The summed E-state index contributed by atoms with van der Waals surface area (Å²) in [5, 5.41) is 3.16. The van der Waals surface area contributed by atoms with Crippen molar-refractivity contribution in [2.24, 2.45) is 7.05 Å². The maximum atomic E-state index is 12.6. The van der Waals surface area contributed by atoms with E-state index in [0.717, 1.165) is 38.7 Å². The van der Waals surface area contributed by atoms with E-state index in [9.17, 15) is 4.79 Å². The van der Waals surface area contributed by atoms with Crippen LogP contribution in [0.1, 0.15) is 0 Å². The SMILES string of the molecule is COc1ccc2c3ccc4cc5c(cc4c3n(C)cc-2c1=O)OCO5.Cl. The number of benzene rings is 3. The van der Waals surface area contributed by atoms with Crippen molar-refractivity contribution >= 4 is 34.1 Å². The van der Waals surface area contributed by atoms with Crippen molar-refractivity contribution in [3.05, 3.63) is 52.8 Å². The van der Waals surface area contributed by atoms with E-state index in [2.05, 4.69) is 0 Å². The maximum absolute atomic E-state index is 12.6. The highest BCUT2D eigenvalue weighted by Crippen LogP contribution is 2.40. The number of aryl methyl sites for hydroxylation is 1. The number of hydrogen-bond acceptors (Lipinski definition) is 4. The van der Waals surface area contributed by atoms with Crippen molar-refractivity contribution in [2.75, 3.05) is 13.9 Å². The number of rotatable bonds is 1. The molecule has 0 N–H and O–H groups in total. The molecule has 0 fully saturated rings. The molecule has 0 saturated carbocycles. The van der Waals surface area contributed by atoms with Gasteiger partial charge in [-0.1, -0.05) is 12.1 Å². The Morgan fingerprint density at radius 2 is 1.77 bits per heavy atom. The second kappa shape index (κ2) is 5.81. The van der Waals surface area contributed by atoms with Crippen LogP contribution in [0.5, 0.6) is 17.2 Å². The molecule has 132 valence electrons. The fourth-order valence-electron chi connectivity index (χ4n) is 3.66. The highest BCUT2D eigenvalue weighted by molar-refractivity contribution is 6.11. The molecular formula is C20H16ClNO4. The summed E-state index contributed by atoms with van der Waals surface area (Å²) in [7, 11) is 3.46. The van der Waals surface area contributed by atoms with Gasteiger partial charge in [0, 0.05) is 29.6 Å². The zero-order valence-electron chi connectivity index (χ0n) is 14.2. The third-order valence-electron chi connectivity index (χ3n) is 4.83. The predicted molar refractivity (Wildman–Crippen MR) is 103 cm³/mol. The zero-order chi connectivity index (χ0) is 17.1. The summed E-state index contributed by atoms with van der Waals surface area (Å²) in [5.41, 5.74) is 2.52. The van der Waals surface area contributed by atoms with Gasteiger partial charge < -0.3 is 18.8 Å². The first-order valence-corrected chi connectivity index (χ1v) is 8.00. The summed E-state index contributed by atoms with van der Waals surface area (Å²) in [6.45, 7) is 0.248. The molecule has 26 heavy (non-hydrogen) atoms. The molecule has 0 aromatic heterocycles. The Labute approximate surface area is 155 Å². The highest BCUT2D eigenvalue weighted by Gasteiger charge is 2.19. The number of ether oxygens (including phenoxy) is 3. The maximum Gasteiger partial charge on any atom is 0.231 e. The molecule has 0 bridgehead atoms. The molecule has 2 aromatic rings. The van der Waals surface area contributed by atoms with Gasteiger partial charge in [-0.15, -0.1) is 12.4 Å². The summed E-state index contributed by atoms with van der Waals surface area (Å²) >= 11 is 0. The molecule has 2 aliphatic heterocycles. The molecule has 0 atom stereocenters. The van der Waals surface area contributed by atoms with E-state index in [4.69, 9.17) is 14.2 Å². The largest absolute Gasteiger partial charge is 0.493 e. The number of nitrogens with zero attached hydrogens (tertiary/aromatic N) is 1. The molecule has 0 amide bonds. The van der Waals surface area contributed by atoms with E-state index in [1.807, 2.05) is 48.1 Å². The number of hydrogen-bond donors (Lipinski definition) is 0. The molecular weight excluding hydrogens is 354 g/mol. The van der Waals surface area contributed by atoms with Gasteiger partial charge in [-0.2, -0.15) is 0 Å². The van der Waals surface area contributed by atoms with Crippen molar-refractivity contribution in [1.29, 1.82) is 0 Å². The van der Waals surface area contributed by atoms with Crippen LogP contribution in [0.15, 0.2) is 47.4 Å². The number of pyridine rings is 1. The number of aromatic nitrogens is 1. The first-order valence-electron chi connectivity index (χ1n) is 8.00. The lowest BCUT2D eigenvalue weighted by molar-refractivity contribution is 0.174. The minimum absolute atomic E-state index is 0. The van der Waals surface area contributed by atoms with E-state index in [0.29, 0.717) is 11.3 Å². The van der Waals surface area contributed by atoms with E-state index < -0.39 is 0 Å². The van der Waals surface area contributed by atoms with Crippen molar-refractivity contribution in [1.82, 2.24) is 4.57 Å². The Bertz CT molecular complexity index is 1200. The molecule has 0 spiro atoms. The molecule has 5 nitrogen and oxygen atoms in total. The number of halogens is 1. The van der Waals surface area contributed by atoms with Gasteiger partial charge in [0.15, 0.2) is 17.2 Å². The Morgan fingerprint density at radius 3 is 2.54 bits per heavy atom. The molecule has 6 heteroatoms. The molecule has 3 aliphatic rings. The molecule has 5 rings (SSSR count). The van der Waals surface area contributed by atoms with Crippen LogP contribution >= 0.6 is 12.4 Å². The third-order valence-corrected chi connectivity index (χ3v) is 4.83. The lowest BCUT2D eigenvalue weighted by atomic mass is 9.96. The van der Waals surface area contributed by atoms with Crippen LogP contribution in [-0.4, -0.2) is 18.5 Å². The van der Waals surface area contributed by atoms with Gasteiger partial charge in [0.2, 0.25) is 12.2 Å². The fourth-order valence-corrected chi connectivity index (χ4v) is 3.66. The van der Waals surface area contributed by atoms with Crippen molar-refractivity contribution in [3.8, 4) is 28.4 Å². The van der Waals surface area contributed by atoms with Gasteiger partial charge in [-0.3, -0.25) is 4.79 Å². The lowest BCUT2D eigenvalue weighted by Crippen LogP contribution is -2.11. The van der Waals surface area contributed by atoms with Gasteiger partial charge in [0.1, 0.15) is 0 Å². The average Bonchev–Trinajstić information content (AvgIpc) is 3.07. The predicted octanol–water partition coefficient (Wildman–Crippen LogP) is 3.96. The minimum atomic E-state index is -0.0942. The Balaban J connectivity index is 0.00000168. The smallest absolute Gasteiger partial charge is 0.231 e. The molecule has 0 unspecified atom stereocenters. The molecule has 2 heterocycles. The third kappa shape index (κ3) is 2.14. The molecule has 0 saturated heterocycles. The second-order valence-corrected chi connectivity index (χ2v) is 6.19. The zero-order valence-corrected chi connectivity index (χ0v) is 15.1. The van der Waals surface area contributed by atoms with Crippen molar-refractivity contribution in [2.45, 2.75) is 0 Å². The first-order chi connectivity index (χ1) is 12.2. The van der Waals surface area contributed by atoms with Crippen LogP contribution < -0.4 is 19.6 Å². The normalized spacial score (nSPS) is 12.5. The van der Waals surface area contributed by atoms with E-state index in [1.54, 1.807) is 6.07 Å². The van der Waals surface area contributed by atoms with Crippen LogP contribution in [0.4, 0.5) is 0 Å². The monoisotopic (exact) mass is 369 g/mol. The minimum Gasteiger partial charge on any atom is -0.493 e. The Hall–Kier alpha value is -2.92. The van der Waals surface area contributed by atoms with Crippen LogP contribution in [0.25, 0.3) is 32.8 Å². The fraction of sp³-hybridized carbons (Fsp3) is 0.150. The van der Waals surface area contributed by atoms with Crippen LogP contribution in [0, 0.1) is 0 Å². The van der Waals surface area contributed by atoms with E-state index in [1.165, 1.54) is 7.11 Å². The molecule has 2 aromatic carbocycles. The van der Waals surface area contributed by atoms with Crippen LogP contribution in [0.3, 0.4) is 0 Å². The lowest BCUT2D eigenvalue weighted by Gasteiger charge is -2.16. The number of fused-ring (bicyclic) bond motifs is 6. The highest BCUT2D eigenvalue weighted by atomic mass is 35.5. The molecule has 0 radical (unpaired) electrons. The van der Waals surface area contributed by atoms with Gasteiger partial charge in [0.25, 0.3) is 0 Å². The average molecular weight is 370 g/mol. The second-order valence-electron chi connectivity index (χ2n) is 6.19. The van der Waals surface area contributed by atoms with Crippen LogP contribution in [0.2, 0.25) is 0 Å². The Kier molecular flexibility index (Phi) is 3.70.